The zero-order chi connectivity index (χ0) is 16.2. The average molecular weight is 381 g/mol. The second-order valence-corrected chi connectivity index (χ2v) is 6.97. The van der Waals surface area contributed by atoms with Crippen molar-refractivity contribution in [1.82, 2.24) is 9.71 Å². The number of aromatic nitrogens is 1. The molecule has 0 saturated heterocycles. The fourth-order valence-corrected chi connectivity index (χ4v) is 2.96. The molecule has 1 N–H and O–H groups in total. The molecular formula is C15H13BrN2O3S. The van der Waals surface area contributed by atoms with Gasteiger partial charge in [0.1, 0.15) is 0 Å². The number of hydrogen-bond acceptors (Lipinski definition) is 4. The molecular weight excluding hydrogens is 368 g/mol. The maximum atomic E-state index is 12.0. The van der Waals surface area contributed by atoms with Crippen LogP contribution in [0.2, 0.25) is 0 Å². The lowest BCUT2D eigenvalue weighted by Gasteiger charge is -2.06. The van der Waals surface area contributed by atoms with Crippen molar-refractivity contribution >= 4 is 37.9 Å². The molecule has 1 aromatic carbocycles. The van der Waals surface area contributed by atoms with Crippen LogP contribution in [0.5, 0.6) is 0 Å². The Morgan fingerprint density at radius 1 is 1.27 bits per heavy atom. The highest BCUT2D eigenvalue weighted by Gasteiger charge is 2.15. The molecule has 0 atom stereocenters. The van der Waals surface area contributed by atoms with E-state index < -0.39 is 15.9 Å². The van der Waals surface area contributed by atoms with E-state index in [1.165, 1.54) is 6.08 Å². The Morgan fingerprint density at radius 3 is 2.68 bits per heavy atom. The Morgan fingerprint density at radius 2 is 2.05 bits per heavy atom. The van der Waals surface area contributed by atoms with Crippen LogP contribution in [0.25, 0.3) is 6.08 Å². The first-order valence-electron chi connectivity index (χ1n) is 6.30. The minimum atomic E-state index is -3.89. The fraction of sp³-hybridized carbons (Fsp3) is 0.0667. The van der Waals surface area contributed by atoms with Crippen molar-refractivity contribution in [3.8, 4) is 0 Å². The summed E-state index contributed by atoms with van der Waals surface area (Å²) in [6, 6.07) is 10.1. The Balaban J connectivity index is 2.14. The number of pyridine rings is 1. The third-order valence-electron chi connectivity index (χ3n) is 2.77. The van der Waals surface area contributed by atoms with Gasteiger partial charge in [-0.1, -0.05) is 22.0 Å². The van der Waals surface area contributed by atoms with Crippen LogP contribution in [0, 0.1) is 6.92 Å². The number of aryl methyl sites for hydroxylation is 1. The number of benzene rings is 1. The van der Waals surface area contributed by atoms with E-state index in [-0.39, 0.29) is 0 Å². The molecule has 1 aromatic heterocycles. The summed E-state index contributed by atoms with van der Waals surface area (Å²) in [4.78, 5) is 16.0. The van der Waals surface area contributed by atoms with Crippen LogP contribution in [0.4, 0.5) is 0 Å². The van der Waals surface area contributed by atoms with Gasteiger partial charge in [-0.15, -0.1) is 0 Å². The number of amides is 1. The molecule has 5 nitrogen and oxygen atoms in total. The van der Waals surface area contributed by atoms with Gasteiger partial charge in [-0.2, -0.15) is 0 Å². The highest BCUT2D eigenvalue weighted by Crippen LogP contribution is 2.16. The van der Waals surface area contributed by atoms with E-state index in [2.05, 4.69) is 20.9 Å². The number of nitrogens with zero attached hydrogens (tertiary/aromatic N) is 1. The quantitative estimate of drug-likeness (QED) is 0.884. The van der Waals surface area contributed by atoms with Gasteiger partial charge >= 0.3 is 0 Å². The summed E-state index contributed by atoms with van der Waals surface area (Å²) in [5.74, 6) is -0.671. The van der Waals surface area contributed by atoms with E-state index in [1.807, 2.05) is 4.72 Å². The lowest BCUT2D eigenvalue weighted by molar-refractivity contribution is 0.0981. The Bertz CT molecular complexity index is 818. The molecule has 0 saturated carbocycles. The number of nitrogens with one attached hydrogen (secondary N) is 1. The van der Waals surface area contributed by atoms with Gasteiger partial charge in [0.05, 0.1) is 11.1 Å². The minimum absolute atomic E-state index is 0.304. The summed E-state index contributed by atoms with van der Waals surface area (Å²) in [6.45, 7) is 1.73. The van der Waals surface area contributed by atoms with Crippen LogP contribution in [0.15, 0.2) is 52.5 Å². The van der Waals surface area contributed by atoms with Crippen molar-refractivity contribution in [3.63, 3.8) is 0 Å². The van der Waals surface area contributed by atoms with Crippen LogP contribution in [-0.4, -0.2) is 19.3 Å². The van der Waals surface area contributed by atoms with E-state index in [0.717, 1.165) is 9.88 Å². The molecule has 0 aliphatic carbocycles. The van der Waals surface area contributed by atoms with Crippen LogP contribution in [0.3, 0.4) is 0 Å². The predicted molar refractivity (Wildman–Crippen MR) is 88.5 cm³/mol. The van der Waals surface area contributed by atoms with Crippen LogP contribution in [-0.2, 0) is 10.0 Å². The summed E-state index contributed by atoms with van der Waals surface area (Å²) < 4.78 is 26.6. The highest BCUT2D eigenvalue weighted by molar-refractivity contribution is 9.10. The molecule has 7 heteroatoms. The van der Waals surface area contributed by atoms with Gasteiger partial charge in [-0.05, 0) is 48.9 Å². The summed E-state index contributed by atoms with van der Waals surface area (Å²) in [5, 5.41) is 0.918. The molecule has 0 fully saturated rings. The normalized spacial score (nSPS) is 11.5. The van der Waals surface area contributed by atoms with Crippen molar-refractivity contribution in [2.45, 2.75) is 6.92 Å². The van der Waals surface area contributed by atoms with E-state index in [1.54, 1.807) is 49.5 Å². The van der Waals surface area contributed by atoms with Crippen molar-refractivity contribution in [3.05, 3.63) is 69.3 Å². The minimum Gasteiger partial charge on any atom is -0.268 e. The van der Waals surface area contributed by atoms with Crippen molar-refractivity contribution in [1.29, 1.82) is 0 Å². The monoisotopic (exact) mass is 380 g/mol. The van der Waals surface area contributed by atoms with E-state index in [0.29, 0.717) is 16.8 Å². The first kappa shape index (κ1) is 16.4. The Labute approximate surface area is 137 Å². The van der Waals surface area contributed by atoms with Gasteiger partial charge in [-0.25, -0.2) is 13.1 Å². The van der Waals surface area contributed by atoms with Gasteiger partial charge in [0.2, 0.25) is 0 Å². The third-order valence-corrected chi connectivity index (χ3v) is 4.23. The summed E-state index contributed by atoms with van der Waals surface area (Å²) in [7, 11) is -3.89. The molecule has 0 spiro atoms. The molecule has 0 aliphatic rings. The van der Waals surface area contributed by atoms with E-state index in [4.69, 9.17) is 0 Å². The van der Waals surface area contributed by atoms with Crippen molar-refractivity contribution in [2.75, 3.05) is 0 Å². The number of carbonyl (C=O) groups excluding carboxylic acids is 1. The summed E-state index contributed by atoms with van der Waals surface area (Å²) in [6.07, 6.45) is 2.88. The zero-order valence-electron chi connectivity index (χ0n) is 11.7. The molecule has 2 aromatic rings. The predicted octanol–water partition coefficient (Wildman–Crippen LogP) is 2.88. The summed E-state index contributed by atoms with van der Waals surface area (Å²) in [5.41, 5.74) is 1.47. The molecule has 1 heterocycles. The van der Waals surface area contributed by atoms with Gasteiger partial charge in [0.15, 0.2) is 0 Å². The van der Waals surface area contributed by atoms with E-state index in [9.17, 15) is 13.2 Å². The SMILES string of the molecule is Cc1cc(Br)ccc1C(=O)NS(=O)(=O)C=Cc1ccccn1. The van der Waals surface area contributed by atoms with Gasteiger partial charge < -0.3 is 0 Å². The lowest BCUT2D eigenvalue weighted by atomic mass is 10.1. The molecule has 22 heavy (non-hydrogen) atoms. The fourth-order valence-electron chi connectivity index (χ4n) is 1.73. The Kier molecular flexibility index (Phi) is 5.10. The second-order valence-electron chi connectivity index (χ2n) is 4.49. The standard InChI is InChI=1S/C15H13BrN2O3S/c1-11-10-12(16)5-6-14(11)15(19)18-22(20,21)9-7-13-4-2-3-8-17-13/h2-10H,1H3,(H,18,19). The maximum absolute atomic E-state index is 12.0. The van der Waals surface area contributed by atoms with Crippen LogP contribution in [0.1, 0.15) is 21.6 Å². The zero-order valence-corrected chi connectivity index (χ0v) is 14.1. The number of rotatable bonds is 4. The van der Waals surface area contributed by atoms with Gasteiger partial charge in [0.25, 0.3) is 15.9 Å². The smallest absolute Gasteiger partial charge is 0.265 e. The number of hydrogen-bond donors (Lipinski definition) is 1. The maximum Gasteiger partial charge on any atom is 0.265 e. The first-order chi connectivity index (χ1) is 10.4. The lowest BCUT2D eigenvalue weighted by Crippen LogP contribution is -2.29. The molecule has 114 valence electrons. The average Bonchev–Trinajstić information content (AvgIpc) is 2.45. The molecule has 2 rings (SSSR count). The topological polar surface area (TPSA) is 76.1 Å². The third kappa shape index (κ3) is 4.51. The van der Waals surface area contributed by atoms with E-state index >= 15 is 0 Å². The molecule has 1 amide bonds. The van der Waals surface area contributed by atoms with Crippen LogP contribution >= 0.6 is 15.9 Å². The van der Waals surface area contributed by atoms with Crippen molar-refractivity contribution < 1.29 is 13.2 Å². The largest absolute Gasteiger partial charge is 0.268 e. The highest BCUT2D eigenvalue weighted by atomic mass is 79.9. The Hall–Kier alpha value is -1.99. The first-order valence-corrected chi connectivity index (χ1v) is 8.64. The van der Waals surface area contributed by atoms with Gasteiger partial charge in [-0.3, -0.25) is 9.78 Å². The molecule has 0 unspecified atom stereocenters. The second kappa shape index (κ2) is 6.85. The molecule has 0 bridgehead atoms. The van der Waals surface area contributed by atoms with Crippen LogP contribution < -0.4 is 4.72 Å². The number of halogens is 1. The molecule has 0 radical (unpaired) electrons. The number of carbonyl (C=O) groups is 1. The van der Waals surface area contributed by atoms with Crippen molar-refractivity contribution in [2.24, 2.45) is 0 Å². The molecule has 0 aliphatic heterocycles. The van der Waals surface area contributed by atoms with Gasteiger partial charge in [0, 0.05) is 16.2 Å². The summed E-state index contributed by atoms with van der Waals surface area (Å²) >= 11 is 3.29. The number of sulfonamides is 1.